The molecule has 0 amide bonds. The minimum absolute atomic E-state index is 0. The van der Waals surface area contributed by atoms with Gasteiger partial charge in [-0.25, -0.2) is 0 Å². The Balaban J connectivity index is 0.00000144. The number of benzene rings is 1. The van der Waals surface area contributed by atoms with Crippen LogP contribution >= 0.6 is 0 Å². The van der Waals surface area contributed by atoms with E-state index in [2.05, 4.69) is 4.74 Å². The van der Waals surface area contributed by atoms with Gasteiger partial charge in [-0.05, 0) is 6.07 Å². The molecule has 0 bridgehead atoms. The maximum atomic E-state index is 10.2. The van der Waals surface area contributed by atoms with Crippen LogP contribution in [-0.2, 0) is 0 Å². The number of ether oxygens (including phenoxy) is 1. The van der Waals surface area contributed by atoms with Gasteiger partial charge in [-0.15, -0.1) is 0 Å². The average Bonchev–Trinajstić information content (AvgIpc) is 2.05. The van der Waals surface area contributed by atoms with Gasteiger partial charge in [-0.1, -0.05) is 0 Å². The molecule has 0 atom stereocenters. The molecule has 0 saturated heterocycles. The number of phenolic OH excluding ortho intramolecular Hbond substituents is 1. The second-order valence-corrected chi connectivity index (χ2v) is 2.11. The van der Waals surface area contributed by atoms with Gasteiger partial charge in [-0.2, -0.15) is 0 Å². The molecular formula is C7H8NNaO4. The molecule has 0 aliphatic carbocycles. The van der Waals surface area contributed by atoms with Crippen LogP contribution < -0.4 is 4.74 Å². The molecule has 6 heteroatoms. The van der Waals surface area contributed by atoms with Crippen LogP contribution in [0.15, 0.2) is 18.2 Å². The number of nitro groups is 1. The van der Waals surface area contributed by atoms with Crippen molar-refractivity contribution in [2.75, 3.05) is 7.11 Å². The molecule has 0 saturated carbocycles. The number of nitrogens with zero attached hydrogens (tertiary/aromatic N) is 1. The van der Waals surface area contributed by atoms with E-state index in [1.807, 2.05) is 0 Å². The zero-order chi connectivity index (χ0) is 9.14. The summed E-state index contributed by atoms with van der Waals surface area (Å²) in [4.78, 5) is 9.70. The molecule has 0 spiro atoms. The molecule has 0 radical (unpaired) electrons. The van der Waals surface area contributed by atoms with Gasteiger partial charge in [0.2, 0.25) is 0 Å². The summed E-state index contributed by atoms with van der Waals surface area (Å²) >= 11 is 0. The Morgan fingerprint density at radius 3 is 2.62 bits per heavy atom. The van der Waals surface area contributed by atoms with E-state index in [1.54, 1.807) is 0 Å². The number of hydrogen-bond donors (Lipinski definition) is 1. The Labute approximate surface area is 96.8 Å². The number of rotatable bonds is 2. The van der Waals surface area contributed by atoms with E-state index in [9.17, 15) is 10.1 Å². The number of non-ortho nitro benzene ring substituents is 1. The van der Waals surface area contributed by atoms with Gasteiger partial charge in [0.05, 0.1) is 18.1 Å². The van der Waals surface area contributed by atoms with Crippen LogP contribution in [0.2, 0.25) is 0 Å². The fraction of sp³-hybridized carbons (Fsp3) is 0.143. The Bertz CT molecular complexity index is 315. The first-order chi connectivity index (χ1) is 5.65. The summed E-state index contributed by atoms with van der Waals surface area (Å²) < 4.78 is 4.68. The van der Waals surface area contributed by atoms with Crippen LogP contribution in [0.4, 0.5) is 5.69 Å². The summed E-state index contributed by atoms with van der Waals surface area (Å²) in [5.41, 5.74) is -0.107. The van der Waals surface area contributed by atoms with E-state index in [4.69, 9.17) is 5.11 Å². The number of aromatic hydroxyl groups is 1. The molecule has 0 unspecified atom stereocenters. The van der Waals surface area contributed by atoms with Gasteiger partial charge in [-0.3, -0.25) is 10.1 Å². The number of hydrogen-bond acceptors (Lipinski definition) is 4. The molecule has 0 aliphatic rings. The van der Waals surface area contributed by atoms with Crippen LogP contribution in [0.3, 0.4) is 0 Å². The van der Waals surface area contributed by atoms with Crippen molar-refractivity contribution < 1.29 is 14.8 Å². The quantitative estimate of drug-likeness (QED) is 0.425. The topological polar surface area (TPSA) is 72.6 Å². The molecule has 0 aromatic heterocycles. The number of nitro benzene ring substituents is 1. The Morgan fingerprint density at radius 2 is 2.15 bits per heavy atom. The van der Waals surface area contributed by atoms with Gasteiger partial charge in [0.25, 0.3) is 5.69 Å². The first kappa shape index (κ1) is 12.2. The fourth-order valence-corrected chi connectivity index (χ4v) is 0.780. The summed E-state index contributed by atoms with van der Waals surface area (Å²) in [5, 5.41) is 19.3. The zero-order valence-electron chi connectivity index (χ0n) is 6.35. The summed E-state index contributed by atoms with van der Waals surface area (Å²) in [5.74, 6) is -0.00713. The zero-order valence-corrected chi connectivity index (χ0v) is 6.35. The van der Waals surface area contributed by atoms with E-state index in [0.29, 0.717) is 0 Å². The molecule has 1 rings (SSSR count). The van der Waals surface area contributed by atoms with Crippen molar-refractivity contribution in [3.05, 3.63) is 28.3 Å². The maximum absolute atomic E-state index is 10.2. The third kappa shape index (κ3) is 2.87. The molecule has 13 heavy (non-hydrogen) atoms. The van der Waals surface area contributed by atoms with Crippen molar-refractivity contribution in [3.8, 4) is 11.5 Å². The van der Waals surface area contributed by atoms with E-state index >= 15 is 0 Å². The second-order valence-electron chi connectivity index (χ2n) is 2.11. The first-order valence-corrected chi connectivity index (χ1v) is 3.16. The molecule has 1 aromatic rings. The summed E-state index contributed by atoms with van der Waals surface area (Å²) in [6.45, 7) is 0. The normalized spacial score (nSPS) is 8.69. The molecule has 1 aromatic carbocycles. The van der Waals surface area contributed by atoms with Crippen LogP contribution in [0.25, 0.3) is 0 Å². The third-order valence-corrected chi connectivity index (χ3v) is 1.37. The van der Waals surface area contributed by atoms with E-state index in [0.717, 1.165) is 6.07 Å². The monoisotopic (exact) mass is 193 g/mol. The van der Waals surface area contributed by atoms with Gasteiger partial charge >= 0.3 is 29.6 Å². The molecule has 0 aliphatic heterocycles. The standard InChI is InChI=1S/C7H7NO4.Na.H/c1-12-7-4-5(8(10)11)2-3-6(7)9;;/h2-4,9H,1H3;;. The van der Waals surface area contributed by atoms with Crippen molar-refractivity contribution in [2.45, 2.75) is 0 Å². The van der Waals surface area contributed by atoms with Crippen LogP contribution in [0.5, 0.6) is 11.5 Å². The van der Waals surface area contributed by atoms with Gasteiger partial charge in [0.1, 0.15) is 0 Å². The fourth-order valence-electron chi connectivity index (χ4n) is 0.780. The SMILES string of the molecule is COc1cc([N+](=O)[O-])ccc1O.[NaH]. The Hall–Kier alpha value is -0.780. The van der Waals surface area contributed by atoms with Crippen molar-refractivity contribution in [1.29, 1.82) is 0 Å². The Morgan fingerprint density at radius 1 is 1.54 bits per heavy atom. The molecule has 1 N–H and O–H groups in total. The Kier molecular flexibility index (Phi) is 4.76. The van der Waals surface area contributed by atoms with Crippen molar-refractivity contribution >= 4 is 35.2 Å². The van der Waals surface area contributed by atoms with Gasteiger partial charge in [0.15, 0.2) is 11.5 Å². The molecular weight excluding hydrogens is 185 g/mol. The summed E-state index contributed by atoms with van der Waals surface area (Å²) in [6.07, 6.45) is 0. The van der Waals surface area contributed by atoms with Crippen molar-refractivity contribution in [1.82, 2.24) is 0 Å². The molecule has 0 heterocycles. The van der Waals surface area contributed by atoms with E-state index in [-0.39, 0.29) is 46.7 Å². The molecule has 5 nitrogen and oxygen atoms in total. The van der Waals surface area contributed by atoms with Crippen LogP contribution in [0.1, 0.15) is 0 Å². The predicted molar refractivity (Wildman–Crippen MR) is 48.5 cm³/mol. The van der Waals surface area contributed by atoms with Crippen molar-refractivity contribution in [3.63, 3.8) is 0 Å². The minimum atomic E-state index is -0.554. The second kappa shape index (κ2) is 5.06. The predicted octanol–water partition coefficient (Wildman–Crippen LogP) is 0.660. The molecule has 66 valence electrons. The van der Waals surface area contributed by atoms with E-state index in [1.165, 1.54) is 19.2 Å². The average molecular weight is 193 g/mol. The first-order valence-electron chi connectivity index (χ1n) is 3.16. The number of phenols is 1. The summed E-state index contributed by atoms with van der Waals surface area (Å²) in [6, 6.07) is 3.59. The van der Waals surface area contributed by atoms with Gasteiger partial charge < -0.3 is 9.84 Å². The van der Waals surface area contributed by atoms with Crippen LogP contribution in [0, 0.1) is 10.1 Å². The van der Waals surface area contributed by atoms with Gasteiger partial charge in [0, 0.05) is 6.07 Å². The number of methoxy groups -OCH3 is 1. The third-order valence-electron chi connectivity index (χ3n) is 1.37. The summed E-state index contributed by atoms with van der Waals surface area (Å²) in [7, 11) is 1.33. The van der Waals surface area contributed by atoms with E-state index < -0.39 is 4.92 Å². The molecule has 0 fully saturated rings. The van der Waals surface area contributed by atoms with Crippen LogP contribution in [-0.4, -0.2) is 46.7 Å². The van der Waals surface area contributed by atoms with Crippen molar-refractivity contribution in [2.24, 2.45) is 0 Å².